The Labute approximate surface area is 127 Å². The monoisotopic (exact) mass is 294 g/mol. The van der Waals surface area contributed by atoms with Crippen molar-refractivity contribution in [2.45, 2.75) is 32.7 Å². The number of aryl methyl sites for hydroxylation is 1. The molecule has 1 amide bonds. The normalized spacial score (nSPS) is 22.3. The highest BCUT2D eigenvalue weighted by Gasteiger charge is 2.36. The van der Waals surface area contributed by atoms with Crippen LogP contribution in [0.4, 0.5) is 0 Å². The first kappa shape index (κ1) is 15.3. The molecule has 1 atom stereocenters. The van der Waals surface area contributed by atoms with Gasteiger partial charge in [0, 0.05) is 19.6 Å². The molecule has 0 spiro atoms. The molecule has 1 N–H and O–H groups in total. The molecule has 3 nitrogen and oxygen atoms in total. The molecular weight excluding hydrogens is 272 g/mol. The Morgan fingerprint density at radius 1 is 1.30 bits per heavy atom. The third-order valence-corrected chi connectivity index (χ3v) is 4.67. The molecule has 0 radical (unpaired) electrons. The maximum atomic E-state index is 12.5. The summed E-state index contributed by atoms with van der Waals surface area (Å²) in [5.41, 5.74) is 4.01. The quantitative estimate of drug-likeness (QED) is 0.909. The van der Waals surface area contributed by atoms with E-state index in [-0.39, 0.29) is 18.3 Å². The molecule has 0 bridgehead atoms. The Bertz CT molecular complexity index is 499. The van der Waals surface area contributed by atoms with Gasteiger partial charge >= 0.3 is 0 Å². The number of halogens is 1. The van der Waals surface area contributed by atoms with Crippen molar-refractivity contribution < 1.29 is 4.79 Å². The van der Waals surface area contributed by atoms with E-state index in [9.17, 15) is 4.79 Å². The van der Waals surface area contributed by atoms with Gasteiger partial charge in [-0.05, 0) is 43.4 Å². The number of amides is 1. The lowest BCUT2D eigenvalue weighted by Crippen LogP contribution is -2.51. The van der Waals surface area contributed by atoms with Crippen LogP contribution in [-0.2, 0) is 4.79 Å². The predicted octanol–water partition coefficient (Wildman–Crippen LogP) is 2.61. The second-order valence-corrected chi connectivity index (χ2v) is 5.83. The van der Waals surface area contributed by atoms with Gasteiger partial charge in [-0.15, -0.1) is 12.4 Å². The molecule has 2 aliphatic rings. The lowest BCUT2D eigenvalue weighted by molar-refractivity contribution is -0.138. The van der Waals surface area contributed by atoms with Crippen LogP contribution in [0.25, 0.3) is 0 Å². The number of nitrogens with zero attached hydrogens (tertiary/aromatic N) is 1. The summed E-state index contributed by atoms with van der Waals surface area (Å²) in [5.74, 6) is 0.563. The second-order valence-electron chi connectivity index (χ2n) is 5.83. The Hall–Kier alpha value is -1.06. The van der Waals surface area contributed by atoms with Crippen LogP contribution in [0.1, 0.15) is 35.6 Å². The summed E-state index contributed by atoms with van der Waals surface area (Å²) in [4.78, 5) is 14.6. The number of likely N-dealkylation sites (tertiary alicyclic amines) is 1. The van der Waals surface area contributed by atoms with E-state index in [0.29, 0.717) is 11.9 Å². The Balaban J connectivity index is 0.00000147. The number of hydrogen-bond donors (Lipinski definition) is 1. The molecule has 20 heavy (non-hydrogen) atoms. The molecule has 0 aliphatic carbocycles. The molecule has 1 unspecified atom stereocenters. The minimum atomic E-state index is 0. The van der Waals surface area contributed by atoms with Gasteiger partial charge in [0.05, 0.1) is 12.0 Å². The molecule has 0 aromatic heterocycles. The van der Waals surface area contributed by atoms with Gasteiger partial charge in [-0.3, -0.25) is 4.79 Å². The third kappa shape index (κ3) is 2.57. The van der Waals surface area contributed by atoms with E-state index in [0.717, 1.165) is 32.5 Å². The van der Waals surface area contributed by atoms with Gasteiger partial charge in [-0.1, -0.05) is 18.2 Å². The van der Waals surface area contributed by atoms with E-state index in [1.165, 1.54) is 16.7 Å². The maximum Gasteiger partial charge on any atom is 0.228 e. The highest BCUT2D eigenvalue weighted by molar-refractivity contribution is 5.85. The standard InChI is InChI=1S/C16H22N2O.ClH/c1-11-5-3-6-14(12(11)2)15-7-4-8-18(15)16(19)13-9-17-10-13;/h3,5-6,13,15,17H,4,7-10H2,1-2H3;1H. The van der Waals surface area contributed by atoms with Crippen molar-refractivity contribution in [2.75, 3.05) is 19.6 Å². The SMILES string of the molecule is Cc1cccc(C2CCCN2C(=O)C2CNC2)c1C.Cl. The number of carbonyl (C=O) groups excluding carboxylic acids is 1. The lowest BCUT2D eigenvalue weighted by Gasteiger charge is -2.34. The predicted molar refractivity (Wildman–Crippen MR) is 83.2 cm³/mol. The molecule has 2 aliphatic heterocycles. The average Bonchev–Trinajstić information content (AvgIpc) is 2.79. The Kier molecular flexibility index (Phi) is 4.71. The molecule has 2 fully saturated rings. The maximum absolute atomic E-state index is 12.5. The van der Waals surface area contributed by atoms with Gasteiger partial charge in [0.2, 0.25) is 5.91 Å². The van der Waals surface area contributed by atoms with Crippen LogP contribution in [0.15, 0.2) is 18.2 Å². The van der Waals surface area contributed by atoms with E-state index < -0.39 is 0 Å². The summed E-state index contributed by atoms with van der Waals surface area (Å²) in [7, 11) is 0. The molecule has 3 rings (SSSR count). The van der Waals surface area contributed by atoms with Crippen LogP contribution in [0.5, 0.6) is 0 Å². The van der Waals surface area contributed by atoms with Gasteiger partial charge in [-0.2, -0.15) is 0 Å². The average molecular weight is 295 g/mol. The van der Waals surface area contributed by atoms with Crippen LogP contribution >= 0.6 is 12.4 Å². The fourth-order valence-corrected chi connectivity index (χ4v) is 3.19. The summed E-state index contributed by atoms with van der Waals surface area (Å²) in [6.07, 6.45) is 2.24. The van der Waals surface area contributed by atoms with Crippen molar-refractivity contribution in [3.8, 4) is 0 Å². The van der Waals surface area contributed by atoms with E-state index in [2.05, 4.69) is 42.3 Å². The number of hydrogen-bond acceptors (Lipinski definition) is 2. The first-order valence-electron chi connectivity index (χ1n) is 7.26. The van der Waals surface area contributed by atoms with Crippen LogP contribution in [0.2, 0.25) is 0 Å². The van der Waals surface area contributed by atoms with Crippen molar-refractivity contribution in [3.63, 3.8) is 0 Å². The van der Waals surface area contributed by atoms with Crippen molar-refractivity contribution in [2.24, 2.45) is 5.92 Å². The minimum absolute atomic E-state index is 0. The fourth-order valence-electron chi connectivity index (χ4n) is 3.19. The van der Waals surface area contributed by atoms with Gasteiger partial charge in [0.1, 0.15) is 0 Å². The van der Waals surface area contributed by atoms with E-state index in [1.807, 2.05) is 0 Å². The van der Waals surface area contributed by atoms with E-state index in [4.69, 9.17) is 0 Å². The molecule has 2 heterocycles. The zero-order valence-electron chi connectivity index (χ0n) is 12.2. The van der Waals surface area contributed by atoms with Crippen LogP contribution in [0, 0.1) is 19.8 Å². The molecule has 4 heteroatoms. The zero-order valence-corrected chi connectivity index (χ0v) is 13.0. The highest BCUT2D eigenvalue weighted by atomic mass is 35.5. The molecule has 0 saturated carbocycles. The minimum Gasteiger partial charge on any atom is -0.335 e. The molecule has 1 aromatic rings. The summed E-state index contributed by atoms with van der Waals surface area (Å²) in [6, 6.07) is 6.75. The topological polar surface area (TPSA) is 32.3 Å². The third-order valence-electron chi connectivity index (χ3n) is 4.67. The second kappa shape index (κ2) is 6.15. The van der Waals surface area contributed by atoms with Gasteiger partial charge in [-0.25, -0.2) is 0 Å². The Morgan fingerprint density at radius 3 is 2.70 bits per heavy atom. The number of benzene rings is 1. The number of rotatable bonds is 2. The Morgan fingerprint density at radius 2 is 2.05 bits per heavy atom. The largest absolute Gasteiger partial charge is 0.335 e. The number of nitrogens with one attached hydrogen (secondary N) is 1. The van der Waals surface area contributed by atoms with Crippen LogP contribution in [0.3, 0.4) is 0 Å². The van der Waals surface area contributed by atoms with Crippen LogP contribution < -0.4 is 5.32 Å². The number of carbonyl (C=O) groups is 1. The van der Waals surface area contributed by atoms with Gasteiger partial charge in [0.25, 0.3) is 0 Å². The first-order valence-corrected chi connectivity index (χ1v) is 7.26. The van der Waals surface area contributed by atoms with Crippen molar-refractivity contribution in [3.05, 3.63) is 34.9 Å². The fraction of sp³-hybridized carbons (Fsp3) is 0.562. The van der Waals surface area contributed by atoms with Crippen LogP contribution in [-0.4, -0.2) is 30.4 Å². The lowest BCUT2D eigenvalue weighted by atomic mass is 9.94. The van der Waals surface area contributed by atoms with Crippen molar-refractivity contribution in [1.29, 1.82) is 0 Å². The molecule has 2 saturated heterocycles. The van der Waals surface area contributed by atoms with Crippen molar-refractivity contribution in [1.82, 2.24) is 10.2 Å². The zero-order chi connectivity index (χ0) is 13.4. The highest BCUT2D eigenvalue weighted by Crippen LogP contribution is 2.35. The van der Waals surface area contributed by atoms with Gasteiger partial charge < -0.3 is 10.2 Å². The summed E-state index contributed by atoms with van der Waals surface area (Å²) >= 11 is 0. The first-order chi connectivity index (χ1) is 9.18. The summed E-state index contributed by atoms with van der Waals surface area (Å²) < 4.78 is 0. The summed E-state index contributed by atoms with van der Waals surface area (Å²) in [5, 5.41) is 3.19. The van der Waals surface area contributed by atoms with Crippen molar-refractivity contribution >= 4 is 18.3 Å². The molecular formula is C16H23ClN2O. The molecule has 1 aromatic carbocycles. The van der Waals surface area contributed by atoms with E-state index in [1.54, 1.807) is 0 Å². The van der Waals surface area contributed by atoms with E-state index >= 15 is 0 Å². The molecule has 110 valence electrons. The van der Waals surface area contributed by atoms with Gasteiger partial charge in [0.15, 0.2) is 0 Å². The summed E-state index contributed by atoms with van der Waals surface area (Å²) in [6.45, 7) is 6.96. The smallest absolute Gasteiger partial charge is 0.228 e.